The van der Waals surface area contributed by atoms with Crippen LogP contribution >= 0.6 is 0 Å². The van der Waals surface area contributed by atoms with Gasteiger partial charge in [0, 0.05) is 26.0 Å². The van der Waals surface area contributed by atoms with Crippen LogP contribution in [0.1, 0.15) is 30.4 Å². The van der Waals surface area contributed by atoms with Crippen LogP contribution in [0, 0.1) is 5.41 Å². The molecule has 1 saturated heterocycles. The average Bonchev–Trinajstić information content (AvgIpc) is 2.74. The van der Waals surface area contributed by atoms with E-state index in [-0.39, 0.29) is 11.3 Å². The molecule has 1 amide bonds. The van der Waals surface area contributed by atoms with Crippen LogP contribution in [0.5, 0.6) is 0 Å². The van der Waals surface area contributed by atoms with Gasteiger partial charge >= 0.3 is 0 Å². The number of aromatic nitrogens is 2. The smallest absolute Gasteiger partial charge is 0.287 e. The highest BCUT2D eigenvalue weighted by Gasteiger charge is 2.27. The fourth-order valence-electron chi connectivity index (χ4n) is 2.16. The van der Waals surface area contributed by atoms with Crippen LogP contribution in [0.2, 0.25) is 0 Å². The predicted molar refractivity (Wildman–Crippen MR) is 65.8 cm³/mol. The number of aryl methyl sites for hydroxylation is 1. The Kier molecular flexibility index (Phi) is 3.47. The summed E-state index contributed by atoms with van der Waals surface area (Å²) < 4.78 is 1.74. The number of rotatable bonds is 3. The number of amides is 1. The Hall–Kier alpha value is -1.36. The molecule has 2 heterocycles. The maximum absolute atomic E-state index is 11.9. The summed E-state index contributed by atoms with van der Waals surface area (Å²) in [6.45, 7) is 5.02. The number of piperidine rings is 1. The number of nitrogens with zero attached hydrogens (tertiary/aromatic N) is 2. The second kappa shape index (κ2) is 4.87. The Balaban J connectivity index is 1.90. The number of imidazole rings is 1. The molecule has 0 bridgehead atoms. The van der Waals surface area contributed by atoms with E-state index in [1.807, 2.05) is 7.05 Å². The van der Waals surface area contributed by atoms with E-state index in [0.29, 0.717) is 5.82 Å². The van der Waals surface area contributed by atoms with Gasteiger partial charge in [0.15, 0.2) is 5.82 Å². The quantitative estimate of drug-likeness (QED) is 0.805. The van der Waals surface area contributed by atoms with E-state index in [0.717, 1.165) is 32.5 Å². The van der Waals surface area contributed by atoms with Gasteiger partial charge in [0.2, 0.25) is 0 Å². The van der Waals surface area contributed by atoms with Crippen molar-refractivity contribution in [3.05, 3.63) is 18.2 Å². The van der Waals surface area contributed by atoms with Crippen molar-refractivity contribution >= 4 is 5.91 Å². The van der Waals surface area contributed by atoms with Crippen LogP contribution in [0.4, 0.5) is 0 Å². The van der Waals surface area contributed by atoms with Crippen LogP contribution < -0.4 is 10.6 Å². The molecule has 0 spiro atoms. The molecule has 5 nitrogen and oxygen atoms in total. The van der Waals surface area contributed by atoms with Crippen molar-refractivity contribution in [3.63, 3.8) is 0 Å². The first kappa shape index (κ1) is 12.1. The van der Waals surface area contributed by atoms with Gasteiger partial charge in [0.25, 0.3) is 5.91 Å². The van der Waals surface area contributed by atoms with E-state index in [4.69, 9.17) is 0 Å². The maximum atomic E-state index is 11.9. The van der Waals surface area contributed by atoms with E-state index in [1.165, 1.54) is 0 Å². The van der Waals surface area contributed by atoms with Crippen molar-refractivity contribution in [1.29, 1.82) is 0 Å². The van der Waals surface area contributed by atoms with Gasteiger partial charge in [0.05, 0.1) is 0 Å². The normalized spacial score (nSPS) is 18.9. The van der Waals surface area contributed by atoms with Gasteiger partial charge < -0.3 is 15.2 Å². The second-order valence-corrected chi connectivity index (χ2v) is 5.11. The van der Waals surface area contributed by atoms with Crippen molar-refractivity contribution in [2.45, 2.75) is 19.8 Å². The summed E-state index contributed by atoms with van der Waals surface area (Å²) in [6.07, 6.45) is 5.63. The molecule has 0 atom stereocenters. The molecule has 1 aromatic rings. The summed E-state index contributed by atoms with van der Waals surface area (Å²) in [5.41, 5.74) is 0.214. The van der Waals surface area contributed by atoms with E-state index >= 15 is 0 Å². The van der Waals surface area contributed by atoms with Gasteiger partial charge in [0.1, 0.15) is 0 Å². The Morgan fingerprint density at radius 2 is 2.29 bits per heavy atom. The molecular formula is C12H20N4O. The van der Waals surface area contributed by atoms with E-state index in [1.54, 1.807) is 17.0 Å². The van der Waals surface area contributed by atoms with Crippen molar-refractivity contribution in [2.75, 3.05) is 19.6 Å². The van der Waals surface area contributed by atoms with Gasteiger partial charge in [-0.1, -0.05) is 6.92 Å². The second-order valence-electron chi connectivity index (χ2n) is 5.11. The first-order valence-corrected chi connectivity index (χ1v) is 6.07. The first-order chi connectivity index (χ1) is 8.11. The maximum Gasteiger partial charge on any atom is 0.287 e. The highest BCUT2D eigenvalue weighted by Crippen LogP contribution is 2.26. The number of nitrogens with one attached hydrogen (secondary N) is 2. The molecule has 0 radical (unpaired) electrons. The molecular weight excluding hydrogens is 216 g/mol. The highest BCUT2D eigenvalue weighted by atomic mass is 16.2. The number of hydrogen-bond acceptors (Lipinski definition) is 3. The molecule has 5 heteroatoms. The summed E-state index contributed by atoms with van der Waals surface area (Å²) in [5.74, 6) is 0.389. The summed E-state index contributed by atoms with van der Waals surface area (Å²) in [5, 5.41) is 6.32. The molecule has 2 N–H and O–H groups in total. The van der Waals surface area contributed by atoms with Crippen LogP contribution in [-0.2, 0) is 7.05 Å². The molecule has 0 saturated carbocycles. The Morgan fingerprint density at radius 1 is 1.59 bits per heavy atom. The van der Waals surface area contributed by atoms with Crippen molar-refractivity contribution in [2.24, 2.45) is 12.5 Å². The summed E-state index contributed by atoms with van der Waals surface area (Å²) in [4.78, 5) is 15.9. The van der Waals surface area contributed by atoms with Crippen LogP contribution in [-0.4, -0.2) is 35.1 Å². The summed E-state index contributed by atoms with van der Waals surface area (Å²) in [6, 6.07) is 0. The van der Waals surface area contributed by atoms with Crippen LogP contribution in [0.25, 0.3) is 0 Å². The molecule has 1 aliphatic heterocycles. The fraction of sp³-hybridized carbons (Fsp3) is 0.667. The van der Waals surface area contributed by atoms with Gasteiger partial charge in [-0.15, -0.1) is 0 Å². The summed E-state index contributed by atoms with van der Waals surface area (Å²) in [7, 11) is 1.83. The van der Waals surface area contributed by atoms with Gasteiger partial charge in [-0.05, 0) is 31.3 Å². The van der Waals surface area contributed by atoms with E-state index < -0.39 is 0 Å². The molecule has 1 aromatic heterocycles. The Morgan fingerprint density at radius 3 is 2.88 bits per heavy atom. The molecule has 2 rings (SSSR count). The summed E-state index contributed by atoms with van der Waals surface area (Å²) >= 11 is 0. The minimum Gasteiger partial charge on any atom is -0.349 e. The lowest BCUT2D eigenvalue weighted by molar-refractivity contribution is 0.0909. The molecule has 17 heavy (non-hydrogen) atoms. The zero-order valence-corrected chi connectivity index (χ0v) is 10.5. The first-order valence-electron chi connectivity index (χ1n) is 6.07. The lowest BCUT2D eigenvalue weighted by atomic mass is 9.81. The van der Waals surface area contributed by atoms with Crippen LogP contribution in [0.15, 0.2) is 12.4 Å². The average molecular weight is 236 g/mol. The number of carbonyl (C=O) groups excluding carboxylic acids is 1. The number of hydrogen-bond donors (Lipinski definition) is 2. The topological polar surface area (TPSA) is 59.0 Å². The van der Waals surface area contributed by atoms with Crippen molar-refractivity contribution in [1.82, 2.24) is 20.2 Å². The van der Waals surface area contributed by atoms with Crippen molar-refractivity contribution in [3.8, 4) is 0 Å². The molecule has 0 aliphatic carbocycles. The third-order valence-corrected chi connectivity index (χ3v) is 3.51. The lowest BCUT2D eigenvalue weighted by Crippen LogP contribution is -2.43. The van der Waals surface area contributed by atoms with Gasteiger partial charge in [-0.25, -0.2) is 4.98 Å². The standard InChI is InChI=1S/C12H20N4O/c1-12(3-5-13-6-4-12)9-15-11(17)10-14-7-8-16(10)2/h7-8,13H,3-6,9H2,1-2H3,(H,15,17). The van der Waals surface area contributed by atoms with Gasteiger partial charge in [-0.3, -0.25) is 4.79 Å². The SMILES string of the molecule is Cn1ccnc1C(=O)NCC1(C)CCNCC1. The largest absolute Gasteiger partial charge is 0.349 e. The fourth-order valence-corrected chi connectivity index (χ4v) is 2.16. The zero-order valence-electron chi connectivity index (χ0n) is 10.5. The molecule has 1 aliphatic rings. The Labute approximate surface area is 102 Å². The lowest BCUT2D eigenvalue weighted by Gasteiger charge is -2.34. The molecule has 0 aromatic carbocycles. The van der Waals surface area contributed by atoms with Gasteiger partial charge in [-0.2, -0.15) is 0 Å². The minimum atomic E-state index is -0.0859. The van der Waals surface area contributed by atoms with Crippen LogP contribution in [0.3, 0.4) is 0 Å². The molecule has 0 unspecified atom stereocenters. The third-order valence-electron chi connectivity index (χ3n) is 3.51. The number of carbonyl (C=O) groups is 1. The predicted octanol–water partition coefficient (Wildman–Crippen LogP) is 0.540. The Bertz CT molecular complexity index is 393. The van der Waals surface area contributed by atoms with E-state index in [9.17, 15) is 4.79 Å². The highest BCUT2D eigenvalue weighted by molar-refractivity contribution is 5.90. The van der Waals surface area contributed by atoms with E-state index in [2.05, 4.69) is 22.5 Å². The molecule has 1 fully saturated rings. The zero-order chi connectivity index (χ0) is 12.3. The molecule has 94 valence electrons. The monoisotopic (exact) mass is 236 g/mol. The van der Waals surface area contributed by atoms with Crippen molar-refractivity contribution < 1.29 is 4.79 Å². The minimum absolute atomic E-state index is 0.0859. The third kappa shape index (κ3) is 2.85.